The van der Waals surface area contributed by atoms with Gasteiger partial charge in [-0.2, -0.15) is 9.49 Å². The molecular weight excluding hydrogens is 467 g/mol. The highest BCUT2D eigenvalue weighted by atomic mass is 19.1. The zero-order chi connectivity index (χ0) is 25.2. The van der Waals surface area contributed by atoms with Crippen molar-refractivity contribution in [3.63, 3.8) is 0 Å². The number of aromatic nitrogens is 5. The van der Waals surface area contributed by atoms with Crippen LogP contribution in [0.15, 0.2) is 43.0 Å². The van der Waals surface area contributed by atoms with Crippen LogP contribution in [-0.4, -0.2) is 73.8 Å². The molecule has 0 spiro atoms. The first-order valence-corrected chi connectivity index (χ1v) is 11.4. The van der Waals surface area contributed by atoms with Gasteiger partial charge in [0.2, 0.25) is 11.9 Å². The summed E-state index contributed by atoms with van der Waals surface area (Å²) in [5.41, 5.74) is 2.68. The molecule has 0 aliphatic carbocycles. The smallest absolute Gasteiger partial charge is 0.257 e. The molecule has 0 saturated carbocycles. The lowest BCUT2D eigenvalue weighted by molar-refractivity contribution is -0.119. The first-order valence-electron chi connectivity index (χ1n) is 11.4. The van der Waals surface area contributed by atoms with Crippen molar-refractivity contribution in [1.29, 1.82) is 0 Å². The van der Waals surface area contributed by atoms with Gasteiger partial charge in [-0.1, -0.05) is 0 Å². The molecular formula is C24H25FN8O3. The summed E-state index contributed by atoms with van der Waals surface area (Å²) in [4.78, 5) is 38.5. The van der Waals surface area contributed by atoms with Gasteiger partial charge >= 0.3 is 0 Å². The van der Waals surface area contributed by atoms with E-state index >= 15 is 0 Å². The van der Waals surface area contributed by atoms with Gasteiger partial charge in [-0.25, -0.2) is 9.97 Å². The Morgan fingerprint density at radius 3 is 2.83 bits per heavy atom. The van der Waals surface area contributed by atoms with Crippen LogP contribution < -0.4 is 10.6 Å². The van der Waals surface area contributed by atoms with Crippen LogP contribution in [-0.2, 0) is 16.6 Å². The number of hydrogen-bond acceptors (Lipinski definition) is 7. The third-order valence-corrected chi connectivity index (χ3v) is 5.97. The van der Waals surface area contributed by atoms with Crippen LogP contribution >= 0.6 is 0 Å². The predicted molar refractivity (Wildman–Crippen MR) is 131 cm³/mol. The number of morpholine rings is 1. The van der Waals surface area contributed by atoms with Crippen LogP contribution in [0.5, 0.6) is 0 Å². The summed E-state index contributed by atoms with van der Waals surface area (Å²) in [5.74, 6) is -1.68. The second kappa shape index (κ2) is 9.84. The van der Waals surface area contributed by atoms with Gasteiger partial charge in [0.15, 0.2) is 0 Å². The quantitative estimate of drug-likeness (QED) is 0.353. The van der Waals surface area contributed by atoms with Gasteiger partial charge in [0.05, 0.1) is 54.8 Å². The molecule has 12 heteroatoms. The van der Waals surface area contributed by atoms with Gasteiger partial charge < -0.3 is 20.4 Å². The molecule has 1 aliphatic heterocycles. The number of aromatic amines is 1. The summed E-state index contributed by atoms with van der Waals surface area (Å²) in [6.45, 7) is 3.95. The Hall–Kier alpha value is -4.16. The number of hydrogen-bond donors (Lipinski definition) is 3. The van der Waals surface area contributed by atoms with E-state index in [1.165, 1.54) is 18.5 Å². The van der Waals surface area contributed by atoms with Crippen molar-refractivity contribution in [2.24, 2.45) is 7.05 Å². The summed E-state index contributed by atoms with van der Waals surface area (Å²) < 4.78 is 21.4. The minimum atomic E-state index is -0.863. The predicted octanol–water partition coefficient (Wildman–Crippen LogP) is 2.41. The Balaban J connectivity index is 1.28. The Morgan fingerprint density at radius 1 is 1.19 bits per heavy atom. The molecule has 4 aromatic heterocycles. The zero-order valence-corrected chi connectivity index (χ0v) is 19.8. The number of amides is 2. The summed E-state index contributed by atoms with van der Waals surface area (Å²) in [6, 6.07) is 4.99. The number of H-pyrrole nitrogens is 1. The second-order valence-electron chi connectivity index (χ2n) is 8.71. The molecule has 3 N–H and O–H groups in total. The van der Waals surface area contributed by atoms with Crippen LogP contribution in [0.25, 0.3) is 22.3 Å². The van der Waals surface area contributed by atoms with Crippen molar-refractivity contribution >= 4 is 34.2 Å². The molecule has 1 aliphatic rings. The third kappa shape index (κ3) is 5.09. The molecule has 2 amide bonds. The van der Waals surface area contributed by atoms with E-state index in [2.05, 4.69) is 30.7 Å². The van der Waals surface area contributed by atoms with Crippen LogP contribution in [0.2, 0.25) is 0 Å². The standard InChI is InChI=1S/C24H25FN8O3/c1-14-13-36-4-3-33(14)12-21(34)29-18-7-20(22(25)26-10-18)31-24(35)16-5-15-6-19(30-23(15)27-8-16)17-9-28-32(2)11-17/h5-11,14H,3-4,12-13H2,1-2H3,(H,27,30)(H,29,34)(H,31,35)/t14-/m1/s1. The van der Waals surface area contributed by atoms with Crippen LogP contribution in [0, 0.1) is 5.95 Å². The van der Waals surface area contributed by atoms with Crippen molar-refractivity contribution in [2.75, 3.05) is 36.9 Å². The van der Waals surface area contributed by atoms with E-state index in [4.69, 9.17) is 4.74 Å². The third-order valence-electron chi connectivity index (χ3n) is 5.97. The lowest BCUT2D eigenvalue weighted by Gasteiger charge is -2.32. The average Bonchev–Trinajstić information content (AvgIpc) is 3.48. The van der Waals surface area contributed by atoms with E-state index in [-0.39, 0.29) is 35.4 Å². The number of nitrogens with one attached hydrogen (secondary N) is 3. The molecule has 36 heavy (non-hydrogen) atoms. The molecule has 0 unspecified atom stereocenters. The number of rotatable bonds is 6. The normalized spacial score (nSPS) is 16.2. The highest BCUT2D eigenvalue weighted by Gasteiger charge is 2.21. The van der Waals surface area contributed by atoms with Gasteiger partial charge in [-0.15, -0.1) is 0 Å². The molecule has 0 radical (unpaired) electrons. The lowest BCUT2D eigenvalue weighted by atomic mass is 10.2. The van der Waals surface area contributed by atoms with Crippen molar-refractivity contribution in [2.45, 2.75) is 13.0 Å². The SMILES string of the molecule is C[C@@H]1COCCN1CC(=O)Nc1cnc(F)c(NC(=O)c2cnc3[nH]c(-c4cnn(C)c4)cc3c2)c1. The molecule has 1 atom stereocenters. The van der Waals surface area contributed by atoms with Gasteiger partial charge in [0.25, 0.3) is 5.91 Å². The first-order chi connectivity index (χ1) is 17.4. The summed E-state index contributed by atoms with van der Waals surface area (Å²) in [6.07, 6.45) is 6.20. The number of halogens is 1. The number of anilines is 2. The maximum absolute atomic E-state index is 14.4. The van der Waals surface area contributed by atoms with Crippen molar-refractivity contribution in [1.82, 2.24) is 29.6 Å². The fourth-order valence-corrected chi connectivity index (χ4v) is 4.04. The van der Waals surface area contributed by atoms with Crippen molar-refractivity contribution in [3.05, 3.63) is 54.5 Å². The van der Waals surface area contributed by atoms with Crippen molar-refractivity contribution in [3.8, 4) is 11.3 Å². The highest BCUT2D eigenvalue weighted by Crippen LogP contribution is 2.24. The number of nitrogens with zero attached hydrogens (tertiary/aromatic N) is 5. The molecule has 11 nitrogen and oxygen atoms in total. The van der Waals surface area contributed by atoms with Crippen molar-refractivity contribution < 1.29 is 18.7 Å². The Kier molecular flexibility index (Phi) is 6.44. The fourth-order valence-electron chi connectivity index (χ4n) is 4.04. The van der Waals surface area contributed by atoms with E-state index in [1.807, 2.05) is 31.1 Å². The Bertz CT molecular complexity index is 1430. The molecule has 0 bridgehead atoms. The highest BCUT2D eigenvalue weighted by molar-refractivity contribution is 6.06. The zero-order valence-electron chi connectivity index (χ0n) is 19.8. The molecule has 0 aromatic carbocycles. The van der Waals surface area contributed by atoms with Gasteiger partial charge in [-0.05, 0) is 25.1 Å². The summed E-state index contributed by atoms with van der Waals surface area (Å²) >= 11 is 0. The number of aryl methyl sites for hydroxylation is 1. The van der Waals surface area contributed by atoms with E-state index in [0.29, 0.717) is 25.4 Å². The van der Waals surface area contributed by atoms with Crippen LogP contribution in [0.3, 0.4) is 0 Å². The van der Waals surface area contributed by atoms with Crippen LogP contribution in [0.1, 0.15) is 17.3 Å². The van der Waals surface area contributed by atoms with E-state index in [1.54, 1.807) is 16.9 Å². The Labute approximate surface area is 205 Å². The minimum Gasteiger partial charge on any atom is -0.379 e. The minimum absolute atomic E-state index is 0.122. The Morgan fingerprint density at radius 2 is 2.06 bits per heavy atom. The van der Waals surface area contributed by atoms with E-state index in [0.717, 1.165) is 16.6 Å². The van der Waals surface area contributed by atoms with E-state index < -0.39 is 11.9 Å². The largest absolute Gasteiger partial charge is 0.379 e. The van der Waals surface area contributed by atoms with Gasteiger partial charge in [0.1, 0.15) is 5.65 Å². The molecule has 5 rings (SSSR count). The number of carbonyl (C=O) groups excluding carboxylic acids is 2. The van der Waals surface area contributed by atoms with E-state index in [9.17, 15) is 14.0 Å². The molecule has 4 aromatic rings. The van der Waals surface area contributed by atoms with Crippen LogP contribution in [0.4, 0.5) is 15.8 Å². The number of fused-ring (bicyclic) bond motifs is 1. The molecule has 1 fully saturated rings. The van der Waals surface area contributed by atoms with Gasteiger partial charge in [-0.3, -0.25) is 19.2 Å². The average molecular weight is 493 g/mol. The monoisotopic (exact) mass is 492 g/mol. The van der Waals surface area contributed by atoms with Gasteiger partial charge in [0, 0.05) is 43.0 Å². The first kappa shape index (κ1) is 23.6. The molecule has 186 valence electrons. The number of ether oxygens (including phenoxy) is 1. The maximum atomic E-state index is 14.4. The topological polar surface area (TPSA) is 130 Å². The second-order valence-corrected chi connectivity index (χ2v) is 8.71. The molecule has 5 heterocycles. The maximum Gasteiger partial charge on any atom is 0.257 e. The molecule has 1 saturated heterocycles. The summed E-state index contributed by atoms with van der Waals surface area (Å²) in [5, 5.41) is 10.1. The summed E-state index contributed by atoms with van der Waals surface area (Å²) in [7, 11) is 1.83. The lowest BCUT2D eigenvalue weighted by Crippen LogP contribution is -2.47. The number of pyridine rings is 2. The number of carbonyl (C=O) groups is 2. The fraction of sp³-hybridized carbons (Fsp3) is 0.292.